The maximum atomic E-state index is 6.53. The number of nitrogens with zero attached hydrogens (tertiary/aromatic N) is 1. The molecule has 254 valence electrons. The molecule has 0 aliphatic carbocycles. The van der Waals surface area contributed by atoms with E-state index < -0.39 is 0 Å². The molecule has 1 heterocycles. The van der Waals surface area contributed by atoms with Gasteiger partial charge in [-0.25, -0.2) is 0 Å². The number of anilines is 3. The van der Waals surface area contributed by atoms with E-state index >= 15 is 0 Å². The molecule has 0 saturated heterocycles. The van der Waals surface area contributed by atoms with E-state index in [4.69, 9.17) is 4.42 Å². The molecule has 10 rings (SSSR count). The Kier molecular flexibility index (Phi) is 7.85. The predicted octanol–water partition coefficient (Wildman–Crippen LogP) is 14.9. The minimum absolute atomic E-state index is 0.891. The van der Waals surface area contributed by atoms with Crippen LogP contribution >= 0.6 is 0 Å². The summed E-state index contributed by atoms with van der Waals surface area (Å²) in [6.45, 7) is 0. The lowest BCUT2D eigenvalue weighted by Gasteiger charge is -2.28. The lowest BCUT2D eigenvalue weighted by Crippen LogP contribution is -2.11. The highest BCUT2D eigenvalue weighted by atomic mass is 16.3. The SMILES string of the molecule is c1ccc(-c2c(-c3cccc(-c4ccc(-c5ccc(N(c6cccc7ccccc67)c6cccc7ccccc67)cc5)cc4)c3)oc3ccccc23)cc1. The van der Waals surface area contributed by atoms with Crippen molar-refractivity contribution in [1.29, 1.82) is 0 Å². The topological polar surface area (TPSA) is 16.4 Å². The van der Waals surface area contributed by atoms with E-state index in [-0.39, 0.29) is 0 Å². The maximum Gasteiger partial charge on any atom is 0.143 e. The van der Waals surface area contributed by atoms with E-state index in [0.29, 0.717) is 0 Å². The molecule has 0 atom stereocenters. The van der Waals surface area contributed by atoms with Crippen LogP contribution in [0.25, 0.3) is 77.2 Å². The van der Waals surface area contributed by atoms with Gasteiger partial charge in [0.05, 0.1) is 11.4 Å². The van der Waals surface area contributed by atoms with Crippen LogP contribution in [0.4, 0.5) is 17.1 Å². The molecule has 0 aliphatic heterocycles. The fourth-order valence-electron chi connectivity index (χ4n) is 7.85. The van der Waals surface area contributed by atoms with Crippen molar-refractivity contribution >= 4 is 49.6 Å². The summed E-state index contributed by atoms with van der Waals surface area (Å²) in [5.41, 5.74) is 12.3. The van der Waals surface area contributed by atoms with Gasteiger partial charge in [0.2, 0.25) is 0 Å². The van der Waals surface area contributed by atoms with E-state index in [9.17, 15) is 0 Å². The van der Waals surface area contributed by atoms with Crippen LogP contribution < -0.4 is 4.90 Å². The van der Waals surface area contributed by atoms with Crippen molar-refractivity contribution < 1.29 is 4.42 Å². The van der Waals surface area contributed by atoms with Crippen LogP contribution in [0, 0.1) is 0 Å². The van der Waals surface area contributed by atoms with Gasteiger partial charge in [-0.2, -0.15) is 0 Å². The van der Waals surface area contributed by atoms with E-state index in [1.54, 1.807) is 0 Å². The highest BCUT2D eigenvalue weighted by Gasteiger charge is 2.19. The third-order valence-corrected chi connectivity index (χ3v) is 10.5. The van der Waals surface area contributed by atoms with Crippen molar-refractivity contribution in [2.24, 2.45) is 0 Å². The van der Waals surface area contributed by atoms with Gasteiger partial charge in [0.1, 0.15) is 11.3 Å². The smallest absolute Gasteiger partial charge is 0.143 e. The van der Waals surface area contributed by atoms with Crippen LogP contribution in [0.2, 0.25) is 0 Å². The number of fused-ring (bicyclic) bond motifs is 3. The second-order valence-electron chi connectivity index (χ2n) is 13.7. The van der Waals surface area contributed by atoms with Gasteiger partial charge in [-0.3, -0.25) is 0 Å². The molecule has 0 amide bonds. The predicted molar refractivity (Wildman–Crippen MR) is 228 cm³/mol. The monoisotopic (exact) mass is 689 g/mol. The van der Waals surface area contributed by atoms with Gasteiger partial charge in [0.15, 0.2) is 0 Å². The summed E-state index contributed by atoms with van der Waals surface area (Å²) in [6.07, 6.45) is 0. The first-order valence-corrected chi connectivity index (χ1v) is 18.4. The van der Waals surface area contributed by atoms with Crippen LogP contribution in [-0.2, 0) is 0 Å². The summed E-state index contributed by atoms with van der Waals surface area (Å²) in [5, 5.41) is 5.99. The highest BCUT2D eigenvalue weighted by Crippen LogP contribution is 2.44. The molecular weight excluding hydrogens is 655 g/mol. The first kappa shape index (κ1) is 31.6. The third-order valence-electron chi connectivity index (χ3n) is 10.5. The maximum absolute atomic E-state index is 6.53. The quantitative estimate of drug-likeness (QED) is 0.166. The molecule has 1 aromatic heterocycles. The zero-order chi connectivity index (χ0) is 35.8. The summed E-state index contributed by atoms with van der Waals surface area (Å²) in [6, 6.07) is 75.7. The number of benzene rings is 9. The van der Waals surface area contributed by atoms with Crippen molar-refractivity contribution in [1.82, 2.24) is 0 Å². The average Bonchev–Trinajstić information content (AvgIpc) is 3.65. The van der Waals surface area contributed by atoms with Gasteiger partial charge in [0.25, 0.3) is 0 Å². The van der Waals surface area contributed by atoms with E-state index in [1.807, 2.05) is 12.1 Å². The molecular formula is C52H35NO. The van der Waals surface area contributed by atoms with Gasteiger partial charge in [-0.15, -0.1) is 0 Å². The molecule has 0 aliphatic rings. The summed E-state index contributed by atoms with van der Waals surface area (Å²) < 4.78 is 6.53. The number of rotatable bonds is 7. The Bertz CT molecular complexity index is 2830. The number of hydrogen-bond acceptors (Lipinski definition) is 2. The zero-order valence-electron chi connectivity index (χ0n) is 29.6. The summed E-state index contributed by atoms with van der Waals surface area (Å²) in [7, 11) is 0. The van der Waals surface area contributed by atoms with Crippen LogP contribution in [0.15, 0.2) is 217 Å². The van der Waals surface area contributed by atoms with Gasteiger partial charge in [-0.1, -0.05) is 176 Å². The second-order valence-corrected chi connectivity index (χ2v) is 13.7. The molecule has 0 saturated carbocycles. The normalized spacial score (nSPS) is 11.3. The van der Waals surface area contributed by atoms with Gasteiger partial charge < -0.3 is 9.32 Å². The lowest BCUT2D eigenvalue weighted by atomic mass is 9.95. The van der Waals surface area contributed by atoms with E-state index in [0.717, 1.165) is 61.6 Å². The first-order chi connectivity index (χ1) is 26.8. The standard InChI is InChI=1S/C52H35NO/c1-2-15-41(16-3-1)51-47-23-8-9-26-50(47)54-52(51)43-20-10-19-42(35-43)38-29-27-36(28-30-38)37-31-33-44(34-32-37)53(48-24-11-17-39-13-4-6-21-45(39)48)49-25-12-18-40-14-5-7-22-46(40)49/h1-35H. The summed E-state index contributed by atoms with van der Waals surface area (Å²) in [4.78, 5) is 2.40. The summed E-state index contributed by atoms with van der Waals surface area (Å²) in [5.74, 6) is 0.891. The molecule has 2 heteroatoms. The van der Waals surface area contributed by atoms with E-state index in [1.165, 1.54) is 32.7 Å². The third kappa shape index (κ3) is 5.62. The van der Waals surface area contributed by atoms with Crippen molar-refractivity contribution in [2.45, 2.75) is 0 Å². The number of furan rings is 1. The Morgan fingerprint density at radius 2 is 0.778 bits per heavy atom. The Morgan fingerprint density at radius 1 is 0.315 bits per heavy atom. The van der Waals surface area contributed by atoms with Crippen molar-refractivity contribution in [3.8, 4) is 44.7 Å². The molecule has 0 radical (unpaired) electrons. The molecule has 0 spiro atoms. The Hall–Kier alpha value is -7.16. The molecule has 0 N–H and O–H groups in total. The fourth-order valence-corrected chi connectivity index (χ4v) is 7.85. The van der Waals surface area contributed by atoms with E-state index in [2.05, 4.69) is 205 Å². The van der Waals surface area contributed by atoms with Crippen LogP contribution in [-0.4, -0.2) is 0 Å². The van der Waals surface area contributed by atoms with Crippen molar-refractivity contribution in [2.75, 3.05) is 4.90 Å². The average molecular weight is 690 g/mol. The first-order valence-electron chi connectivity index (χ1n) is 18.4. The van der Waals surface area contributed by atoms with Gasteiger partial charge in [0, 0.05) is 33.0 Å². The van der Waals surface area contributed by atoms with Gasteiger partial charge in [-0.05, 0) is 75.0 Å². The Morgan fingerprint density at radius 3 is 1.43 bits per heavy atom. The fraction of sp³-hybridized carbons (Fsp3) is 0. The Balaban J connectivity index is 0.994. The van der Waals surface area contributed by atoms with Crippen LogP contribution in [0.5, 0.6) is 0 Å². The van der Waals surface area contributed by atoms with Crippen molar-refractivity contribution in [3.63, 3.8) is 0 Å². The highest BCUT2D eigenvalue weighted by molar-refractivity contribution is 6.05. The second kappa shape index (κ2) is 13.4. The zero-order valence-corrected chi connectivity index (χ0v) is 29.6. The largest absolute Gasteiger partial charge is 0.455 e. The lowest BCUT2D eigenvalue weighted by molar-refractivity contribution is 0.632. The molecule has 10 aromatic rings. The molecule has 0 bridgehead atoms. The summed E-state index contributed by atoms with van der Waals surface area (Å²) >= 11 is 0. The molecule has 0 fully saturated rings. The van der Waals surface area contributed by atoms with Crippen LogP contribution in [0.1, 0.15) is 0 Å². The van der Waals surface area contributed by atoms with Gasteiger partial charge >= 0.3 is 0 Å². The molecule has 0 unspecified atom stereocenters. The Labute approximate surface area is 314 Å². The minimum Gasteiger partial charge on any atom is -0.455 e. The minimum atomic E-state index is 0.891. The van der Waals surface area contributed by atoms with Crippen molar-refractivity contribution in [3.05, 3.63) is 212 Å². The number of para-hydroxylation sites is 1. The number of hydrogen-bond donors (Lipinski definition) is 0. The molecule has 54 heavy (non-hydrogen) atoms. The van der Waals surface area contributed by atoms with Crippen LogP contribution in [0.3, 0.4) is 0 Å². The molecule has 2 nitrogen and oxygen atoms in total. The molecule has 9 aromatic carbocycles.